The van der Waals surface area contributed by atoms with Crippen LogP contribution in [0.3, 0.4) is 0 Å². The third kappa shape index (κ3) is 7.63. The van der Waals surface area contributed by atoms with Crippen LogP contribution in [0, 0.1) is 29.6 Å². The molecule has 19 nitrogen and oxygen atoms in total. The van der Waals surface area contributed by atoms with Crippen molar-refractivity contribution in [2.45, 2.75) is 99.9 Å². The number of methoxy groups -OCH3 is 1. The molecule has 2 saturated heterocycles. The van der Waals surface area contributed by atoms with Crippen molar-refractivity contribution in [1.29, 1.82) is 0 Å². The van der Waals surface area contributed by atoms with Crippen LogP contribution in [-0.2, 0) is 52.3 Å². The highest BCUT2D eigenvalue weighted by atomic mass is 16.8. The van der Waals surface area contributed by atoms with Gasteiger partial charge in [-0.25, -0.2) is 9.59 Å². The number of rotatable bonds is 12. The summed E-state index contributed by atoms with van der Waals surface area (Å²) in [6, 6.07) is 0. The first kappa shape index (κ1) is 40.1. The van der Waals surface area contributed by atoms with Gasteiger partial charge in [-0.2, -0.15) is 0 Å². The fourth-order valence-corrected chi connectivity index (χ4v) is 7.45. The number of carbonyl (C=O) groups excluding carboxylic acids is 3. The summed E-state index contributed by atoms with van der Waals surface area (Å²) in [7, 11) is 1.18. The van der Waals surface area contributed by atoms with Crippen molar-refractivity contribution in [3.05, 3.63) is 36.3 Å². The quantitative estimate of drug-likeness (QED) is 0.0545. The average Bonchev–Trinajstić information content (AvgIpc) is 3.47. The molecule has 0 aromatic rings. The van der Waals surface area contributed by atoms with Gasteiger partial charge < -0.3 is 83.5 Å². The minimum absolute atomic E-state index is 0.0678. The molecule has 5 rings (SSSR count). The molecule has 5 aliphatic rings. The number of aldehydes is 1. The summed E-state index contributed by atoms with van der Waals surface area (Å²) in [4.78, 5) is 38.3. The van der Waals surface area contributed by atoms with Crippen LogP contribution in [0.25, 0.3) is 0 Å². The number of esters is 2. The number of hydrogen-bond acceptors (Lipinski definition) is 19. The second-order valence-corrected chi connectivity index (χ2v) is 13.4. The molecule has 0 amide bonds. The number of hydrogen-bond donors (Lipinski definition) is 8. The molecule has 3 fully saturated rings. The van der Waals surface area contributed by atoms with E-state index >= 15 is 0 Å². The van der Waals surface area contributed by atoms with Crippen LogP contribution in [0.1, 0.15) is 19.8 Å². The minimum atomic E-state index is -1.75. The third-order valence-electron chi connectivity index (χ3n) is 10.5. The van der Waals surface area contributed by atoms with Crippen LogP contribution in [0.4, 0.5) is 0 Å². The van der Waals surface area contributed by atoms with Crippen molar-refractivity contribution < 1.29 is 93.1 Å². The number of ether oxygens (including phenoxy) is 8. The van der Waals surface area contributed by atoms with Crippen molar-refractivity contribution in [1.82, 2.24) is 0 Å². The molecule has 0 aromatic carbocycles. The van der Waals surface area contributed by atoms with E-state index in [2.05, 4.69) is 6.58 Å². The van der Waals surface area contributed by atoms with Crippen molar-refractivity contribution in [3.8, 4) is 0 Å². The molecule has 292 valence electrons. The minimum Gasteiger partial charge on any atom is -0.472 e. The van der Waals surface area contributed by atoms with E-state index in [-0.39, 0.29) is 24.0 Å². The Bertz CT molecular complexity index is 1350. The van der Waals surface area contributed by atoms with Crippen LogP contribution in [-0.4, -0.2) is 159 Å². The Morgan fingerprint density at radius 1 is 0.808 bits per heavy atom. The van der Waals surface area contributed by atoms with E-state index in [1.807, 2.05) is 0 Å². The molecular formula is C33H46O19. The zero-order chi connectivity index (χ0) is 38.0. The van der Waals surface area contributed by atoms with E-state index < -0.39 is 135 Å². The van der Waals surface area contributed by atoms with Gasteiger partial charge in [-0.3, -0.25) is 0 Å². The molecule has 0 radical (unpaired) electrons. The molecular weight excluding hydrogens is 700 g/mol. The van der Waals surface area contributed by atoms with E-state index in [1.165, 1.54) is 13.2 Å². The molecule has 0 unspecified atom stereocenters. The van der Waals surface area contributed by atoms with Crippen LogP contribution in [0.15, 0.2) is 36.3 Å². The lowest BCUT2D eigenvalue weighted by Gasteiger charge is -2.43. The predicted molar refractivity (Wildman–Crippen MR) is 166 cm³/mol. The Morgan fingerprint density at radius 2 is 1.35 bits per heavy atom. The Morgan fingerprint density at radius 3 is 1.87 bits per heavy atom. The summed E-state index contributed by atoms with van der Waals surface area (Å²) in [5.41, 5.74) is 0.0485. The lowest BCUT2D eigenvalue weighted by molar-refractivity contribution is -0.342. The van der Waals surface area contributed by atoms with Gasteiger partial charge in [0.05, 0.1) is 44.0 Å². The Hall–Kier alpha value is -3.05. The van der Waals surface area contributed by atoms with Gasteiger partial charge in [0.2, 0.25) is 12.6 Å². The molecule has 4 heterocycles. The van der Waals surface area contributed by atoms with Gasteiger partial charge in [0.25, 0.3) is 0 Å². The van der Waals surface area contributed by atoms with Crippen molar-refractivity contribution in [3.63, 3.8) is 0 Å². The SMILES string of the molecule is C=C[C@@H]1[C@@H](O[C@@H]2O[C@H](CO)[C@H](O)[C@@H](O)[C@@H]2O)OC=C(C(=O)O[C@H]2C[C@@H]3C(C(=O)OC)=CO[C@@H](O[C@@H]4O[C@@H](CO)[C@H](O)[C@@H](O)[C@@H]4O)[C@H]3[C@H]2C)[C@H]1CC=O. The van der Waals surface area contributed by atoms with E-state index in [0.29, 0.717) is 6.29 Å². The zero-order valence-corrected chi connectivity index (χ0v) is 28.3. The second kappa shape index (κ2) is 17.0. The molecule has 0 aromatic heterocycles. The smallest absolute Gasteiger partial charge is 0.337 e. The molecule has 52 heavy (non-hydrogen) atoms. The number of carbonyl (C=O) groups is 3. The molecule has 0 bridgehead atoms. The summed E-state index contributed by atoms with van der Waals surface area (Å²) < 4.78 is 44.9. The van der Waals surface area contributed by atoms with Gasteiger partial charge in [0, 0.05) is 36.0 Å². The maximum absolute atomic E-state index is 13.8. The molecule has 1 aliphatic carbocycles. The first-order chi connectivity index (χ1) is 24.8. The Labute approximate surface area is 297 Å². The fourth-order valence-electron chi connectivity index (χ4n) is 7.45. The van der Waals surface area contributed by atoms with Gasteiger partial charge in [-0.05, 0) is 6.42 Å². The Balaban J connectivity index is 1.34. The Kier molecular flexibility index (Phi) is 13.1. The molecule has 19 heteroatoms. The van der Waals surface area contributed by atoms with Crippen LogP contribution >= 0.6 is 0 Å². The fraction of sp³-hybridized carbons (Fsp3) is 0.727. The summed E-state index contributed by atoms with van der Waals surface area (Å²) in [6.07, 6.45) is -15.4. The highest BCUT2D eigenvalue weighted by Gasteiger charge is 2.55. The van der Waals surface area contributed by atoms with Crippen molar-refractivity contribution in [2.75, 3.05) is 20.3 Å². The van der Waals surface area contributed by atoms with Gasteiger partial charge in [-0.15, -0.1) is 6.58 Å². The number of aliphatic hydroxyl groups excluding tert-OH is 8. The van der Waals surface area contributed by atoms with Gasteiger partial charge in [0.1, 0.15) is 61.2 Å². The summed E-state index contributed by atoms with van der Waals surface area (Å²) in [5.74, 6) is -5.39. The lowest BCUT2D eigenvalue weighted by Crippen LogP contribution is -2.60. The number of aliphatic hydroxyl groups is 8. The predicted octanol–water partition coefficient (Wildman–Crippen LogP) is -3.54. The first-order valence-electron chi connectivity index (χ1n) is 16.8. The molecule has 8 N–H and O–H groups in total. The average molecular weight is 747 g/mol. The highest BCUT2D eigenvalue weighted by molar-refractivity contribution is 5.90. The summed E-state index contributed by atoms with van der Waals surface area (Å²) >= 11 is 0. The monoisotopic (exact) mass is 746 g/mol. The van der Waals surface area contributed by atoms with Crippen LogP contribution in [0.5, 0.6) is 0 Å². The second-order valence-electron chi connectivity index (χ2n) is 13.4. The summed E-state index contributed by atoms with van der Waals surface area (Å²) in [6.45, 7) is 4.09. The van der Waals surface area contributed by atoms with Crippen molar-refractivity contribution in [2.24, 2.45) is 29.6 Å². The maximum Gasteiger partial charge on any atom is 0.337 e. The van der Waals surface area contributed by atoms with E-state index in [9.17, 15) is 55.2 Å². The van der Waals surface area contributed by atoms with E-state index in [0.717, 1.165) is 12.5 Å². The van der Waals surface area contributed by atoms with Gasteiger partial charge in [-0.1, -0.05) is 13.0 Å². The zero-order valence-electron chi connectivity index (χ0n) is 28.3. The van der Waals surface area contributed by atoms with Gasteiger partial charge >= 0.3 is 11.9 Å². The standard InChI is InChI=1S/C33H46O19/c1-4-13-14(5-6-34)16(10-46-30(13)51-32-26(41)24(39)22(37)19(8-35)49-32)29(44)48-18-7-15-17(28(43)45-3)11-47-31(21(15)12(18)2)52-33-27(42)25(40)23(38)20(9-36)50-33/h4,6,10-15,18-27,30-33,35-42H,1,5,7-9H2,2-3H3/t12-,13-,14-,15+,18-,19+,20-,21-,22-,23-,24+,25+,26-,27-,30+,31-,32-,33-/m0/s1. The maximum atomic E-state index is 13.8. The third-order valence-corrected chi connectivity index (χ3v) is 10.5. The van der Waals surface area contributed by atoms with Crippen LogP contribution < -0.4 is 0 Å². The molecule has 18 atom stereocenters. The first-order valence-corrected chi connectivity index (χ1v) is 16.8. The molecule has 1 saturated carbocycles. The molecule has 0 spiro atoms. The largest absolute Gasteiger partial charge is 0.472 e. The van der Waals surface area contributed by atoms with Crippen LogP contribution in [0.2, 0.25) is 0 Å². The normalized spacial score (nSPS) is 44.6. The van der Waals surface area contributed by atoms with E-state index in [4.69, 9.17) is 37.9 Å². The molecule has 4 aliphatic heterocycles. The van der Waals surface area contributed by atoms with Crippen molar-refractivity contribution >= 4 is 18.2 Å². The lowest BCUT2D eigenvalue weighted by atomic mass is 9.82. The topological polar surface area (TPSA) is 287 Å². The summed E-state index contributed by atoms with van der Waals surface area (Å²) in [5, 5.41) is 80.8. The number of fused-ring (bicyclic) bond motifs is 1. The van der Waals surface area contributed by atoms with Gasteiger partial charge in [0.15, 0.2) is 12.6 Å². The highest BCUT2D eigenvalue weighted by Crippen LogP contribution is 2.49. The van der Waals surface area contributed by atoms with E-state index in [1.54, 1.807) is 6.92 Å².